The van der Waals surface area contributed by atoms with Crippen molar-refractivity contribution < 1.29 is 9.50 Å². The average Bonchev–Trinajstić information content (AvgIpc) is 2.33. The van der Waals surface area contributed by atoms with Gasteiger partial charge in [0.2, 0.25) is 0 Å². The van der Waals surface area contributed by atoms with E-state index < -0.39 is 0 Å². The Morgan fingerprint density at radius 1 is 1.37 bits per heavy atom. The summed E-state index contributed by atoms with van der Waals surface area (Å²) in [5, 5.41) is 10.6. The predicted molar refractivity (Wildman–Crippen MR) is 76.6 cm³/mol. The number of halogens is 1. The van der Waals surface area contributed by atoms with Crippen LogP contribution in [0.5, 0.6) is 0 Å². The van der Waals surface area contributed by atoms with Crippen LogP contribution in [-0.4, -0.2) is 11.2 Å². The first-order valence-corrected chi connectivity index (χ1v) is 7.33. The van der Waals surface area contributed by atoms with E-state index in [4.69, 9.17) is 0 Å². The fourth-order valence-corrected chi connectivity index (χ4v) is 3.46. The van der Waals surface area contributed by atoms with Crippen LogP contribution in [0, 0.1) is 24.1 Å². The van der Waals surface area contributed by atoms with Gasteiger partial charge in [-0.05, 0) is 60.8 Å². The summed E-state index contributed by atoms with van der Waals surface area (Å²) in [5.74, 6) is 0.111. The molecule has 0 heterocycles. The average molecular weight is 264 g/mol. The first-order chi connectivity index (χ1) is 8.90. The summed E-state index contributed by atoms with van der Waals surface area (Å²) in [5.41, 5.74) is 2.20. The van der Waals surface area contributed by atoms with E-state index in [0.717, 1.165) is 17.5 Å². The smallest absolute Gasteiger partial charge is 0.123 e. The lowest BCUT2D eigenvalue weighted by Crippen LogP contribution is -2.38. The van der Waals surface area contributed by atoms with Crippen molar-refractivity contribution in [3.05, 3.63) is 35.1 Å². The van der Waals surface area contributed by atoms with Crippen LogP contribution in [0.1, 0.15) is 50.7 Å². The standard InChI is InChI=1S/C17H25FO/c1-12-7-8-14(18)10-13(12)11-16(19)15-6-4-5-9-17(15,2)3/h7-8,10,15-16,19H,4-6,9,11H2,1-3H3. The molecule has 0 amide bonds. The van der Waals surface area contributed by atoms with E-state index in [0.29, 0.717) is 12.3 Å². The summed E-state index contributed by atoms with van der Waals surface area (Å²) >= 11 is 0. The van der Waals surface area contributed by atoms with Gasteiger partial charge in [-0.2, -0.15) is 0 Å². The molecule has 1 saturated carbocycles. The Kier molecular flexibility index (Phi) is 4.29. The maximum Gasteiger partial charge on any atom is 0.123 e. The van der Waals surface area contributed by atoms with Crippen molar-refractivity contribution in [3.63, 3.8) is 0 Å². The normalized spacial score (nSPS) is 24.2. The van der Waals surface area contributed by atoms with Crippen LogP contribution in [0.15, 0.2) is 18.2 Å². The van der Waals surface area contributed by atoms with Crippen LogP contribution in [0.2, 0.25) is 0 Å². The van der Waals surface area contributed by atoms with Crippen molar-refractivity contribution in [1.82, 2.24) is 0 Å². The predicted octanol–water partition coefficient (Wildman–Crippen LogP) is 4.25. The molecule has 1 aliphatic rings. The minimum Gasteiger partial charge on any atom is -0.392 e. The zero-order chi connectivity index (χ0) is 14.0. The van der Waals surface area contributed by atoms with E-state index in [2.05, 4.69) is 13.8 Å². The van der Waals surface area contributed by atoms with Crippen LogP contribution in [0.25, 0.3) is 0 Å². The number of aryl methyl sites for hydroxylation is 1. The second-order valence-electron chi connectivity index (χ2n) is 6.68. The molecule has 1 fully saturated rings. The molecule has 2 heteroatoms. The van der Waals surface area contributed by atoms with Gasteiger partial charge in [-0.3, -0.25) is 0 Å². The zero-order valence-electron chi connectivity index (χ0n) is 12.2. The molecule has 0 saturated heterocycles. The molecule has 2 rings (SSSR count). The summed E-state index contributed by atoms with van der Waals surface area (Å²) < 4.78 is 13.3. The minimum absolute atomic E-state index is 0.193. The van der Waals surface area contributed by atoms with Gasteiger partial charge >= 0.3 is 0 Å². The van der Waals surface area contributed by atoms with Crippen LogP contribution < -0.4 is 0 Å². The molecule has 1 aromatic rings. The fourth-order valence-electron chi connectivity index (χ4n) is 3.46. The quantitative estimate of drug-likeness (QED) is 0.865. The topological polar surface area (TPSA) is 20.2 Å². The van der Waals surface area contributed by atoms with Gasteiger partial charge in [0.15, 0.2) is 0 Å². The molecular formula is C17H25FO. The summed E-state index contributed by atoms with van der Waals surface area (Å²) in [4.78, 5) is 0. The highest BCUT2D eigenvalue weighted by molar-refractivity contribution is 5.27. The molecule has 2 atom stereocenters. The molecular weight excluding hydrogens is 239 g/mol. The molecule has 1 aliphatic carbocycles. The maximum atomic E-state index is 13.3. The van der Waals surface area contributed by atoms with Gasteiger partial charge < -0.3 is 5.11 Å². The highest BCUT2D eigenvalue weighted by Gasteiger charge is 2.36. The van der Waals surface area contributed by atoms with Gasteiger partial charge in [0.25, 0.3) is 0 Å². The van der Waals surface area contributed by atoms with E-state index >= 15 is 0 Å². The van der Waals surface area contributed by atoms with Crippen LogP contribution >= 0.6 is 0 Å². The Morgan fingerprint density at radius 2 is 2.11 bits per heavy atom. The molecule has 1 aromatic carbocycles. The van der Waals surface area contributed by atoms with Gasteiger partial charge in [-0.25, -0.2) is 4.39 Å². The monoisotopic (exact) mass is 264 g/mol. The summed E-state index contributed by atoms with van der Waals surface area (Å²) in [6, 6.07) is 4.84. The molecule has 1 N–H and O–H groups in total. The lowest BCUT2D eigenvalue weighted by molar-refractivity contribution is 0.00570. The Bertz CT molecular complexity index is 439. The second-order valence-corrected chi connectivity index (χ2v) is 6.68. The van der Waals surface area contributed by atoms with Crippen molar-refractivity contribution in [3.8, 4) is 0 Å². The van der Waals surface area contributed by atoms with E-state index in [1.54, 1.807) is 12.1 Å². The maximum absolute atomic E-state index is 13.3. The lowest BCUT2D eigenvalue weighted by Gasteiger charge is -2.41. The lowest BCUT2D eigenvalue weighted by atomic mass is 9.66. The van der Waals surface area contributed by atoms with Gasteiger partial charge in [0.1, 0.15) is 5.82 Å². The highest BCUT2D eigenvalue weighted by atomic mass is 19.1. The molecule has 2 unspecified atom stereocenters. The number of hydrogen-bond donors (Lipinski definition) is 1. The molecule has 1 nitrogen and oxygen atoms in total. The third-order valence-corrected chi connectivity index (χ3v) is 4.79. The molecule has 19 heavy (non-hydrogen) atoms. The van der Waals surface area contributed by atoms with Crippen molar-refractivity contribution >= 4 is 0 Å². The first kappa shape index (κ1) is 14.5. The van der Waals surface area contributed by atoms with E-state index in [-0.39, 0.29) is 17.3 Å². The van der Waals surface area contributed by atoms with Crippen molar-refractivity contribution in [1.29, 1.82) is 0 Å². The van der Waals surface area contributed by atoms with Crippen molar-refractivity contribution in [2.24, 2.45) is 11.3 Å². The number of aliphatic hydroxyl groups is 1. The van der Waals surface area contributed by atoms with E-state index in [1.807, 2.05) is 6.92 Å². The van der Waals surface area contributed by atoms with Gasteiger partial charge in [-0.15, -0.1) is 0 Å². The van der Waals surface area contributed by atoms with Crippen LogP contribution in [0.3, 0.4) is 0 Å². The molecule has 0 aliphatic heterocycles. The molecule has 0 radical (unpaired) electrons. The van der Waals surface area contributed by atoms with Gasteiger partial charge in [0, 0.05) is 0 Å². The largest absolute Gasteiger partial charge is 0.392 e. The number of benzene rings is 1. The summed E-state index contributed by atoms with van der Waals surface area (Å²) in [6.45, 7) is 6.48. The Labute approximate surface area is 115 Å². The van der Waals surface area contributed by atoms with Crippen molar-refractivity contribution in [2.75, 3.05) is 0 Å². The SMILES string of the molecule is Cc1ccc(F)cc1CC(O)C1CCCCC1(C)C. The molecule has 0 aromatic heterocycles. The van der Waals surface area contributed by atoms with Crippen LogP contribution in [-0.2, 0) is 6.42 Å². The summed E-state index contributed by atoms with van der Waals surface area (Å²) in [7, 11) is 0. The van der Waals surface area contributed by atoms with Crippen LogP contribution in [0.4, 0.5) is 4.39 Å². The zero-order valence-corrected chi connectivity index (χ0v) is 12.2. The third kappa shape index (κ3) is 3.36. The minimum atomic E-state index is -0.365. The van der Waals surface area contributed by atoms with Gasteiger partial charge in [0.05, 0.1) is 6.10 Å². The van der Waals surface area contributed by atoms with E-state index in [1.165, 1.54) is 25.3 Å². The highest BCUT2D eigenvalue weighted by Crippen LogP contribution is 2.43. The number of hydrogen-bond acceptors (Lipinski definition) is 1. The second kappa shape index (κ2) is 5.62. The Morgan fingerprint density at radius 3 is 2.79 bits per heavy atom. The molecule has 0 bridgehead atoms. The van der Waals surface area contributed by atoms with Gasteiger partial charge in [-0.1, -0.05) is 32.8 Å². The Balaban J connectivity index is 2.11. The third-order valence-electron chi connectivity index (χ3n) is 4.79. The fraction of sp³-hybridized carbons (Fsp3) is 0.647. The number of aliphatic hydroxyl groups excluding tert-OH is 1. The molecule has 0 spiro atoms. The summed E-state index contributed by atoms with van der Waals surface area (Å²) in [6.07, 6.45) is 4.93. The van der Waals surface area contributed by atoms with Crippen molar-refractivity contribution in [2.45, 2.75) is 59.0 Å². The first-order valence-electron chi connectivity index (χ1n) is 7.33. The molecule has 106 valence electrons. The van der Waals surface area contributed by atoms with E-state index in [9.17, 15) is 9.50 Å². The number of rotatable bonds is 3. The Hall–Kier alpha value is -0.890.